The van der Waals surface area contributed by atoms with Crippen LogP contribution < -0.4 is 5.43 Å². The minimum atomic E-state index is -3.91. The predicted molar refractivity (Wildman–Crippen MR) is 165 cm³/mol. The van der Waals surface area contributed by atoms with Gasteiger partial charge in [0.2, 0.25) is 5.91 Å². The largest absolute Gasteiger partial charge is 0.507 e. The topological polar surface area (TPSA) is 101 Å². The minimum Gasteiger partial charge on any atom is -0.507 e. The summed E-state index contributed by atoms with van der Waals surface area (Å²) < 4.78 is 28.5. The average molecular weight is 574 g/mol. The van der Waals surface area contributed by atoms with Crippen molar-refractivity contribution in [3.8, 4) is 5.75 Å². The molecule has 0 aliphatic rings. The number of hydrogen-bond donors (Lipinski definition) is 2. The van der Waals surface area contributed by atoms with Gasteiger partial charge in [-0.05, 0) is 65.1 Å². The summed E-state index contributed by atoms with van der Waals surface area (Å²) in [6.07, 6.45) is 2.01. The molecule has 0 aliphatic carbocycles. The van der Waals surface area contributed by atoms with Crippen LogP contribution in [0.5, 0.6) is 5.75 Å². The number of nitrogens with zero attached hydrogens (tertiary/aromatic N) is 2. The van der Waals surface area contributed by atoms with Crippen LogP contribution >= 0.6 is 0 Å². The maximum atomic E-state index is 13.6. The molecule has 0 unspecified atom stereocenters. The second-order valence-corrected chi connectivity index (χ2v) is 14.3. The molecule has 0 atom stereocenters. The molecule has 0 spiro atoms. The highest BCUT2D eigenvalue weighted by Gasteiger charge is 2.27. The van der Waals surface area contributed by atoms with Crippen LogP contribution in [0.3, 0.4) is 0 Å². The first-order chi connectivity index (χ1) is 19.1. The van der Waals surface area contributed by atoms with E-state index in [-0.39, 0.29) is 28.1 Å². The summed E-state index contributed by atoms with van der Waals surface area (Å²) in [6, 6.07) is 19.6. The molecule has 1 aromatic heterocycles. The number of phenols is 1. The number of amides is 1. The number of fused-ring (bicyclic) bond motifs is 1. The van der Waals surface area contributed by atoms with E-state index in [1.165, 1.54) is 10.2 Å². The monoisotopic (exact) mass is 573 g/mol. The Morgan fingerprint density at radius 2 is 1.51 bits per heavy atom. The van der Waals surface area contributed by atoms with Gasteiger partial charge < -0.3 is 5.11 Å². The molecule has 7 nitrogen and oxygen atoms in total. The Morgan fingerprint density at radius 1 is 0.927 bits per heavy atom. The maximum absolute atomic E-state index is 13.6. The van der Waals surface area contributed by atoms with Gasteiger partial charge in [0, 0.05) is 11.8 Å². The third kappa shape index (κ3) is 6.54. The molecule has 1 amide bonds. The van der Waals surface area contributed by atoms with Gasteiger partial charge in [-0.2, -0.15) is 5.10 Å². The number of aromatic hydroxyl groups is 1. The van der Waals surface area contributed by atoms with Gasteiger partial charge in [0.25, 0.3) is 10.0 Å². The molecule has 0 radical (unpaired) electrons. The molecule has 8 heteroatoms. The molecular formula is C33H39N3O4S. The summed E-state index contributed by atoms with van der Waals surface area (Å²) in [5.74, 6) is 0.00627. The lowest BCUT2D eigenvalue weighted by Gasteiger charge is -2.28. The highest BCUT2D eigenvalue weighted by Crippen LogP contribution is 2.40. The van der Waals surface area contributed by atoms with E-state index in [1.54, 1.807) is 42.5 Å². The number of aromatic nitrogens is 1. The van der Waals surface area contributed by atoms with Crippen LogP contribution in [0.15, 0.2) is 76.7 Å². The Labute approximate surface area is 243 Å². The predicted octanol–water partition coefficient (Wildman–Crippen LogP) is 6.57. The number of nitrogens with one attached hydrogen (secondary N) is 1. The quantitative estimate of drug-likeness (QED) is 0.193. The molecule has 0 saturated heterocycles. The molecular weight excluding hydrogens is 534 g/mol. The Kier molecular flexibility index (Phi) is 8.18. The molecule has 4 rings (SSSR count). The van der Waals surface area contributed by atoms with Gasteiger partial charge in [-0.25, -0.2) is 17.8 Å². The molecule has 1 heterocycles. The van der Waals surface area contributed by atoms with Gasteiger partial charge >= 0.3 is 0 Å². The van der Waals surface area contributed by atoms with Crippen molar-refractivity contribution >= 4 is 33.0 Å². The first-order valence-electron chi connectivity index (χ1n) is 13.7. The molecule has 41 heavy (non-hydrogen) atoms. The number of carbonyl (C=O) groups excluding carboxylic acids is 1. The zero-order valence-electron chi connectivity index (χ0n) is 24.8. The van der Waals surface area contributed by atoms with Crippen LogP contribution in [0.25, 0.3) is 10.9 Å². The van der Waals surface area contributed by atoms with Crippen molar-refractivity contribution in [3.05, 3.63) is 94.7 Å². The summed E-state index contributed by atoms with van der Waals surface area (Å²) in [7, 11) is -3.91. The first kappa shape index (κ1) is 30.1. The zero-order chi connectivity index (χ0) is 30.2. The Bertz CT molecular complexity index is 1680. The third-order valence-electron chi connectivity index (χ3n) is 7.07. The second kappa shape index (κ2) is 11.2. The van der Waals surface area contributed by atoms with Gasteiger partial charge in [-0.15, -0.1) is 0 Å². The average Bonchev–Trinajstić information content (AvgIpc) is 3.26. The lowest BCUT2D eigenvalue weighted by molar-refractivity contribution is -0.121. The van der Waals surface area contributed by atoms with Crippen LogP contribution in [0.1, 0.15) is 75.9 Å². The number of benzene rings is 3. The van der Waals surface area contributed by atoms with Crippen molar-refractivity contribution in [3.63, 3.8) is 0 Å². The second-order valence-electron chi connectivity index (χ2n) is 12.5. The fourth-order valence-electron chi connectivity index (χ4n) is 4.79. The highest BCUT2D eigenvalue weighted by molar-refractivity contribution is 7.90. The van der Waals surface area contributed by atoms with Crippen LogP contribution in [0, 0.1) is 6.92 Å². The summed E-state index contributed by atoms with van der Waals surface area (Å²) in [5.41, 5.74) is 6.50. The zero-order valence-corrected chi connectivity index (χ0v) is 25.6. The minimum absolute atomic E-state index is 0.168. The molecule has 0 bridgehead atoms. The van der Waals surface area contributed by atoms with E-state index in [0.717, 1.165) is 27.6 Å². The molecule has 4 aromatic rings. The Balaban J connectivity index is 1.56. The number of hydrogen-bond acceptors (Lipinski definition) is 5. The Hall–Kier alpha value is -3.91. The third-order valence-corrected chi connectivity index (χ3v) is 8.82. The van der Waals surface area contributed by atoms with Gasteiger partial charge in [-0.1, -0.05) is 89.6 Å². The van der Waals surface area contributed by atoms with E-state index >= 15 is 0 Å². The fourth-order valence-corrected chi connectivity index (χ4v) is 6.28. The van der Waals surface area contributed by atoms with E-state index in [9.17, 15) is 18.3 Å². The number of phenolic OH excluding ortho intramolecular Hbond substituents is 1. The Morgan fingerprint density at radius 3 is 2.10 bits per heavy atom. The van der Waals surface area contributed by atoms with Crippen molar-refractivity contribution in [2.75, 3.05) is 0 Å². The van der Waals surface area contributed by atoms with Crippen molar-refractivity contribution in [1.29, 1.82) is 0 Å². The number of aryl methyl sites for hydroxylation is 2. The number of para-hydroxylation sites is 1. The summed E-state index contributed by atoms with van der Waals surface area (Å²) in [4.78, 5) is 12.9. The first-order valence-corrected chi connectivity index (χ1v) is 15.1. The van der Waals surface area contributed by atoms with E-state index < -0.39 is 10.0 Å². The van der Waals surface area contributed by atoms with Crippen molar-refractivity contribution in [2.24, 2.45) is 5.10 Å². The summed E-state index contributed by atoms with van der Waals surface area (Å²) >= 11 is 0. The lowest BCUT2D eigenvalue weighted by Crippen LogP contribution is -2.20. The van der Waals surface area contributed by atoms with Crippen molar-refractivity contribution < 1.29 is 18.3 Å². The van der Waals surface area contributed by atoms with E-state index in [0.29, 0.717) is 23.4 Å². The maximum Gasteiger partial charge on any atom is 0.268 e. The van der Waals surface area contributed by atoms with Gasteiger partial charge in [-0.3, -0.25) is 4.79 Å². The van der Waals surface area contributed by atoms with Crippen LogP contribution in [0.4, 0.5) is 0 Å². The summed E-state index contributed by atoms with van der Waals surface area (Å²) in [6.45, 7) is 14.2. The molecule has 0 saturated carbocycles. The van der Waals surface area contributed by atoms with Crippen molar-refractivity contribution in [1.82, 2.24) is 9.40 Å². The summed E-state index contributed by atoms with van der Waals surface area (Å²) in [5, 5.41) is 15.8. The highest BCUT2D eigenvalue weighted by atomic mass is 32.2. The molecule has 0 fully saturated rings. The lowest BCUT2D eigenvalue weighted by atomic mass is 9.78. The van der Waals surface area contributed by atoms with Crippen LogP contribution in [0.2, 0.25) is 0 Å². The SMILES string of the molecule is Cc1ccc(S(=O)(=O)n2c(C=NNC(=O)CCc3cc(C(C)(C)C)c(O)c(C(C)(C)C)c3)cc3ccccc32)cc1. The van der Waals surface area contributed by atoms with Gasteiger partial charge in [0.1, 0.15) is 5.75 Å². The van der Waals surface area contributed by atoms with E-state index in [1.807, 2.05) is 31.2 Å². The fraction of sp³-hybridized carbons (Fsp3) is 0.333. The number of rotatable bonds is 7. The van der Waals surface area contributed by atoms with Crippen molar-refractivity contribution in [2.45, 2.75) is 77.0 Å². The molecule has 0 aliphatic heterocycles. The number of hydrazone groups is 1. The van der Waals surface area contributed by atoms with E-state index in [4.69, 9.17) is 0 Å². The molecule has 2 N–H and O–H groups in total. The van der Waals surface area contributed by atoms with Crippen LogP contribution in [-0.2, 0) is 32.1 Å². The van der Waals surface area contributed by atoms with Crippen LogP contribution in [-0.4, -0.2) is 29.6 Å². The molecule has 216 valence electrons. The van der Waals surface area contributed by atoms with Gasteiger partial charge in [0.05, 0.1) is 22.3 Å². The molecule has 3 aromatic carbocycles. The smallest absolute Gasteiger partial charge is 0.268 e. The normalized spacial score (nSPS) is 12.8. The van der Waals surface area contributed by atoms with Gasteiger partial charge in [0.15, 0.2) is 0 Å². The van der Waals surface area contributed by atoms with E-state index in [2.05, 4.69) is 52.1 Å². The standard InChI is InChI=1S/C33H39N3O4S/c1-22-12-15-26(16-13-22)41(39,40)36-25(20-24-10-8-9-11-29(24)36)21-34-35-30(37)17-14-23-18-27(32(2,3)4)31(38)28(19-23)33(5,6)7/h8-13,15-16,18-21,38H,14,17H2,1-7H3,(H,35,37). The number of carbonyl (C=O) groups is 1.